The summed E-state index contributed by atoms with van der Waals surface area (Å²) in [6, 6.07) is 3.96. The van der Waals surface area contributed by atoms with Crippen LogP contribution in [-0.2, 0) is 4.74 Å². The minimum Gasteiger partial charge on any atom is -0.386 e. The maximum absolute atomic E-state index is 12.2. The smallest absolute Gasteiger partial charge is 0.251 e. The number of methoxy groups -OCH3 is 1. The van der Waals surface area contributed by atoms with E-state index in [-0.39, 0.29) is 19.1 Å². The quantitative estimate of drug-likeness (QED) is 0.852. The van der Waals surface area contributed by atoms with Crippen LogP contribution in [0.4, 0.5) is 0 Å². The van der Waals surface area contributed by atoms with Crippen LogP contribution in [0.2, 0.25) is 0 Å². The number of carbonyl (C=O) groups is 1. The van der Waals surface area contributed by atoms with Crippen molar-refractivity contribution >= 4 is 5.91 Å². The summed E-state index contributed by atoms with van der Waals surface area (Å²) in [7, 11) is 1.52. The van der Waals surface area contributed by atoms with Crippen molar-refractivity contribution in [3.05, 3.63) is 34.4 Å². The zero-order valence-electron chi connectivity index (χ0n) is 12.3. The average molecular weight is 265 g/mol. The fourth-order valence-corrected chi connectivity index (χ4v) is 2.26. The third-order valence-corrected chi connectivity index (χ3v) is 2.99. The van der Waals surface area contributed by atoms with E-state index in [1.807, 2.05) is 32.9 Å². The summed E-state index contributed by atoms with van der Waals surface area (Å²) in [5.41, 5.74) is 2.65. The summed E-state index contributed by atoms with van der Waals surface area (Å²) in [5.74, 6) is -0.161. The molecule has 1 rings (SSSR count). The molecule has 0 aliphatic heterocycles. The van der Waals surface area contributed by atoms with Gasteiger partial charge < -0.3 is 15.2 Å². The molecular formula is C15H23NO3. The molecule has 0 radical (unpaired) electrons. The summed E-state index contributed by atoms with van der Waals surface area (Å²) in [4.78, 5) is 12.2. The van der Waals surface area contributed by atoms with E-state index in [2.05, 4.69) is 5.32 Å². The molecule has 0 aromatic heterocycles. The van der Waals surface area contributed by atoms with Crippen molar-refractivity contribution in [2.24, 2.45) is 0 Å². The molecule has 2 N–H and O–H groups in total. The number of aliphatic hydroxyl groups is 1. The Kier molecular flexibility index (Phi) is 5.09. The van der Waals surface area contributed by atoms with Crippen LogP contribution < -0.4 is 5.32 Å². The Morgan fingerprint density at radius 2 is 1.84 bits per heavy atom. The van der Waals surface area contributed by atoms with Crippen molar-refractivity contribution in [2.45, 2.75) is 33.3 Å². The maximum atomic E-state index is 12.2. The van der Waals surface area contributed by atoms with E-state index in [1.165, 1.54) is 7.11 Å². The summed E-state index contributed by atoms with van der Waals surface area (Å²) in [5, 5.41) is 12.7. The lowest BCUT2D eigenvalue weighted by atomic mass is 9.99. The average Bonchev–Trinajstić information content (AvgIpc) is 2.25. The highest BCUT2D eigenvalue weighted by Gasteiger charge is 2.22. The van der Waals surface area contributed by atoms with Crippen LogP contribution >= 0.6 is 0 Å². The first kappa shape index (κ1) is 15.7. The number of aryl methyl sites for hydroxylation is 3. The number of hydrogen-bond donors (Lipinski definition) is 2. The number of ether oxygens (including phenoxy) is 1. The van der Waals surface area contributed by atoms with Crippen LogP contribution in [0.15, 0.2) is 12.1 Å². The highest BCUT2D eigenvalue weighted by atomic mass is 16.5. The number of carbonyl (C=O) groups excluding carboxylic acids is 1. The molecule has 0 aliphatic rings. The van der Waals surface area contributed by atoms with Crippen LogP contribution in [-0.4, -0.2) is 36.9 Å². The molecule has 0 saturated carbocycles. The zero-order valence-corrected chi connectivity index (χ0v) is 12.3. The summed E-state index contributed by atoms with van der Waals surface area (Å²) >= 11 is 0. The lowest BCUT2D eigenvalue weighted by Crippen LogP contribution is -2.44. The monoisotopic (exact) mass is 265 g/mol. The molecule has 106 valence electrons. The van der Waals surface area contributed by atoms with E-state index in [4.69, 9.17) is 4.74 Å². The minimum atomic E-state index is -1.06. The zero-order chi connectivity index (χ0) is 14.6. The number of benzene rings is 1. The first-order valence-corrected chi connectivity index (χ1v) is 6.34. The van der Waals surface area contributed by atoms with Crippen molar-refractivity contribution in [2.75, 3.05) is 20.3 Å². The predicted octanol–water partition coefficient (Wildman–Crippen LogP) is 1.74. The molecule has 0 heterocycles. The van der Waals surface area contributed by atoms with Crippen molar-refractivity contribution in [1.29, 1.82) is 0 Å². The van der Waals surface area contributed by atoms with Gasteiger partial charge in [-0.05, 0) is 38.8 Å². The molecule has 0 fully saturated rings. The van der Waals surface area contributed by atoms with E-state index < -0.39 is 5.60 Å². The van der Waals surface area contributed by atoms with Gasteiger partial charge in [0, 0.05) is 19.2 Å². The third kappa shape index (κ3) is 4.33. The standard InChI is InChI=1S/C15H23NO3/c1-10-6-11(2)13(12(3)7-10)14(17)16-8-15(4,18)9-19-5/h6-7,18H,8-9H2,1-5H3,(H,16,17). The van der Waals surface area contributed by atoms with Crippen LogP contribution in [0.3, 0.4) is 0 Å². The van der Waals surface area contributed by atoms with E-state index in [0.717, 1.165) is 16.7 Å². The molecule has 0 aliphatic carbocycles. The molecule has 1 atom stereocenters. The van der Waals surface area contributed by atoms with Crippen molar-refractivity contribution in [3.8, 4) is 0 Å². The fraction of sp³-hybridized carbons (Fsp3) is 0.533. The Morgan fingerprint density at radius 3 is 2.32 bits per heavy atom. The van der Waals surface area contributed by atoms with Gasteiger partial charge in [0.05, 0.1) is 6.61 Å². The Bertz CT molecular complexity index is 443. The molecule has 0 bridgehead atoms. The lowest BCUT2D eigenvalue weighted by molar-refractivity contribution is -0.0147. The lowest BCUT2D eigenvalue weighted by Gasteiger charge is -2.23. The molecule has 1 amide bonds. The highest BCUT2D eigenvalue weighted by Crippen LogP contribution is 2.16. The van der Waals surface area contributed by atoms with Gasteiger partial charge in [0.25, 0.3) is 5.91 Å². The van der Waals surface area contributed by atoms with Gasteiger partial charge in [0.2, 0.25) is 0 Å². The SMILES string of the molecule is COCC(C)(O)CNC(=O)c1c(C)cc(C)cc1C. The number of nitrogens with one attached hydrogen (secondary N) is 1. The van der Waals surface area contributed by atoms with E-state index >= 15 is 0 Å². The van der Waals surface area contributed by atoms with Gasteiger partial charge in [-0.25, -0.2) is 0 Å². The topological polar surface area (TPSA) is 58.6 Å². The summed E-state index contributed by atoms with van der Waals surface area (Å²) < 4.78 is 4.91. The van der Waals surface area contributed by atoms with Gasteiger partial charge in [-0.3, -0.25) is 4.79 Å². The molecule has 4 heteroatoms. The van der Waals surface area contributed by atoms with E-state index in [0.29, 0.717) is 5.56 Å². The maximum Gasteiger partial charge on any atom is 0.251 e. The molecule has 0 saturated heterocycles. The van der Waals surface area contributed by atoms with Gasteiger partial charge in [-0.1, -0.05) is 17.7 Å². The van der Waals surface area contributed by atoms with Gasteiger partial charge in [0.1, 0.15) is 5.60 Å². The second kappa shape index (κ2) is 6.17. The minimum absolute atomic E-state index is 0.159. The van der Waals surface area contributed by atoms with Crippen molar-refractivity contribution < 1.29 is 14.6 Å². The number of hydrogen-bond acceptors (Lipinski definition) is 3. The summed E-state index contributed by atoms with van der Waals surface area (Å²) in [6.07, 6.45) is 0. The van der Waals surface area contributed by atoms with Gasteiger partial charge >= 0.3 is 0 Å². The highest BCUT2D eigenvalue weighted by molar-refractivity contribution is 5.97. The Balaban J connectivity index is 2.80. The number of amides is 1. The van der Waals surface area contributed by atoms with Crippen molar-refractivity contribution in [3.63, 3.8) is 0 Å². The molecule has 1 aromatic rings. The van der Waals surface area contributed by atoms with Crippen LogP contribution in [0.5, 0.6) is 0 Å². The molecule has 4 nitrogen and oxygen atoms in total. The van der Waals surface area contributed by atoms with E-state index in [9.17, 15) is 9.90 Å². The second-order valence-electron chi connectivity index (χ2n) is 5.39. The first-order valence-electron chi connectivity index (χ1n) is 6.34. The Labute approximate surface area is 114 Å². The molecular weight excluding hydrogens is 242 g/mol. The third-order valence-electron chi connectivity index (χ3n) is 2.99. The normalized spacial score (nSPS) is 14.0. The fourth-order valence-electron chi connectivity index (χ4n) is 2.26. The largest absolute Gasteiger partial charge is 0.386 e. The van der Waals surface area contributed by atoms with Crippen LogP contribution in [0.1, 0.15) is 34.0 Å². The predicted molar refractivity (Wildman–Crippen MR) is 75.5 cm³/mol. The second-order valence-corrected chi connectivity index (χ2v) is 5.39. The molecule has 1 aromatic carbocycles. The van der Waals surface area contributed by atoms with E-state index in [1.54, 1.807) is 6.92 Å². The molecule has 19 heavy (non-hydrogen) atoms. The summed E-state index contributed by atoms with van der Waals surface area (Å²) in [6.45, 7) is 7.81. The van der Waals surface area contributed by atoms with Crippen molar-refractivity contribution in [1.82, 2.24) is 5.32 Å². The molecule has 1 unspecified atom stereocenters. The van der Waals surface area contributed by atoms with Gasteiger partial charge in [-0.2, -0.15) is 0 Å². The molecule has 0 spiro atoms. The van der Waals surface area contributed by atoms with Crippen LogP contribution in [0.25, 0.3) is 0 Å². The number of rotatable bonds is 5. The van der Waals surface area contributed by atoms with Gasteiger partial charge in [0.15, 0.2) is 0 Å². The van der Waals surface area contributed by atoms with Gasteiger partial charge in [-0.15, -0.1) is 0 Å². The Hall–Kier alpha value is -1.39. The first-order chi connectivity index (χ1) is 8.76. The van der Waals surface area contributed by atoms with Crippen LogP contribution in [0, 0.1) is 20.8 Å². The Morgan fingerprint density at radius 1 is 1.32 bits per heavy atom.